The second kappa shape index (κ2) is 7.95. The summed E-state index contributed by atoms with van der Waals surface area (Å²) in [4.78, 5) is 19.1. The lowest BCUT2D eigenvalue weighted by Gasteiger charge is -2.35. The summed E-state index contributed by atoms with van der Waals surface area (Å²) in [5.74, 6) is 0.0659. The first-order chi connectivity index (χ1) is 11.8. The fourth-order valence-electron chi connectivity index (χ4n) is 3.26. The number of nitrogens with zero attached hydrogens (tertiary/aromatic N) is 2. The third kappa shape index (κ3) is 3.94. The van der Waals surface area contributed by atoms with E-state index < -0.39 is 0 Å². The minimum absolute atomic E-state index is 0.0659. The highest BCUT2D eigenvalue weighted by Crippen LogP contribution is 2.21. The van der Waals surface area contributed by atoms with Gasteiger partial charge in [-0.05, 0) is 43.4 Å². The normalized spacial score (nSPS) is 17.5. The van der Waals surface area contributed by atoms with Gasteiger partial charge in [0.05, 0.1) is 11.9 Å². The van der Waals surface area contributed by atoms with E-state index in [4.69, 9.17) is 0 Å². The molecule has 126 valence electrons. The van der Waals surface area contributed by atoms with Crippen LogP contribution in [0.2, 0.25) is 0 Å². The number of pyridine rings is 1. The molecule has 0 spiro atoms. The number of amides is 1. The van der Waals surface area contributed by atoms with Crippen LogP contribution in [-0.2, 0) is 6.54 Å². The molecule has 1 aromatic heterocycles. The Labute approximate surface area is 143 Å². The van der Waals surface area contributed by atoms with E-state index >= 15 is 0 Å². The van der Waals surface area contributed by atoms with E-state index in [0.29, 0.717) is 11.7 Å². The van der Waals surface area contributed by atoms with E-state index in [1.54, 1.807) is 6.20 Å². The molecular formula is C20H25N3O. The number of anilines is 1. The summed E-state index contributed by atoms with van der Waals surface area (Å²) >= 11 is 0. The first-order valence-electron chi connectivity index (χ1n) is 8.82. The Balaban J connectivity index is 1.62. The maximum atomic E-state index is 12.7. The molecule has 0 radical (unpaired) electrons. The molecule has 1 fully saturated rings. The fraction of sp³-hybridized carbons (Fsp3) is 0.400. The molecular weight excluding hydrogens is 298 g/mol. The predicted octanol–water partition coefficient (Wildman–Crippen LogP) is 4.10. The molecule has 1 amide bonds. The maximum Gasteiger partial charge on any atom is 0.272 e. The minimum Gasteiger partial charge on any atom is -0.380 e. The molecule has 2 aromatic rings. The third-order valence-electron chi connectivity index (χ3n) is 4.68. The van der Waals surface area contributed by atoms with Crippen molar-refractivity contribution in [1.82, 2.24) is 9.88 Å². The Morgan fingerprint density at radius 1 is 1.21 bits per heavy atom. The van der Waals surface area contributed by atoms with Crippen molar-refractivity contribution in [3.8, 4) is 0 Å². The summed E-state index contributed by atoms with van der Waals surface area (Å²) in [6.07, 6.45) is 6.19. The van der Waals surface area contributed by atoms with Crippen molar-refractivity contribution in [3.05, 3.63) is 59.9 Å². The zero-order valence-corrected chi connectivity index (χ0v) is 14.2. The number of likely N-dealkylation sites (tertiary alicyclic amines) is 1. The highest BCUT2D eigenvalue weighted by atomic mass is 16.2. The van der Waals surface area contributed by atoms with Crippen LogP contribution in [0.1, 0.15) is 48.7 Å². The zero-order valence-electron chi connectivity index (χ0n) is 14.2. The standard InChI is InChI=1S/C20H25N3O/c1-2-18-10-6-7-13-23(18)20(24)19-12-11-17(15-22-19)21-14-16-8-4-3-5-9-16/h3-5,8-9,11-12,15,18,21H,2,6-7,10,13-14H2,1H3. The van der Waals surface area contributed by atoms with E-state index in [-0.39, 0.29) is 5.91 Å². The van der Waals surface area contributed by atoms with E-state index in [9.17, 15) is 4.79 Å². The number of nitrogens with one attached hydrogen (secondary N) is 1. The van der Waals surface area contributed by atoms with Crippen LogP contribution in [0.5, 0.6) is 0 Å². The quantitative estimate of drug-likeness (QED) is 0.901. The number of rotatable bonds is 5. The van der Waals surface area contributed by atoms with Crippen LogP contribution in [0.3, 0.4) is 0 Å². The van der Waals surface area contributed by atoms with Crippen molar-refractivity contribution in [2.75, 3.05) is 11.9 Å². The van der Waals surface area contributed by atoms with Gasteiger partial charge in [-0.15, -0.1) is 0 Å². The van der Waals surface area contributed by atoms with Crippen molar-refractivity contribution in [3.63, 3.8) is 0 Å². The van der Waals surface area contributed by atoms with Gasteiger partial charge in [0.2, 0.25) is 0 Å². The third-order valence-corrected chi connectivity index (χ3v) is 4.68. The molecule has 0 aliphatic carbocycles. The monoisotopic (exact) mass is 323 g/mol. The second-order valence-corrected chi connectivity index (χ2v) is 6.33. The fourth-order valence-corrected chi connectivity index (χ4v) is 3.26. The lowest BCUT2D eigenvalue weighted by molar-refractivity contribution is 0.0602. The Kier molecular flexibility index (Phi) is 5.47. The topological polar surface area (TPSA) is 45.2 Å². The van der Waals surface area contributed by atoms with Crippen LogP contribution in [0.4, 0.5) is 5.69 Å². The highest BCUT2D eigenvalue weighted by molar-refractivity contribution is 5.92. The van der Waals surface area contributed by atoms with Gasteiger partial charge in [-0.2, -0.15) is 0 Å². The molecule has 1 aromatic carbocycles. The highest BCUT2D eigenvalue weighted by Gasteiger charge is 2.26. The number of carbonyl (C=O) groups excluding carboxylic acids is 1. The van der Waals surface area contributed by atoms with Gasteiger partial charge in [-0.3, -0.25) is 4.79 Å². The minimum atomic E-state index is 0.0659. The van der Waals surface area contributed by atoms with Gasteiger partial charge in [-0.1, -0.05) is 37.3 Å². The Bertz CT molecular complexity index is 654. The lowest BCUT2D eigenvalue weighted by atomic mass is 9.99. The summed E-state index contributed by atoms with van der Waals surface area (Å²) in [5, 5.41) is 3.34. The van der Waals surface area contributed by atoms with Gasteiger partial charge in [0.25, 0.3) is 5.91 Å². The van der Waals surface area contributed by atoms with Gasteiger partial charge >= 0.3 is 0 Å². The molecule has 1 aliphatic heterocycles. The van der Waals surface area contributed by atoms with Gasteiger partial charge in [0, 0.05) is 19.1 Å². The van der Waals surface area contributed by atoms with Crippen molar-refractivity contribution >= 4 is 11.6 Å². The number of benzene rings is 1. The predicted molar refractivity (Wildman–Crippen MR) is 97.0 cm³/mol. The number of aromatic nitrogens is 1. The van der Waals surface area contributed by atoms with E-state index in [2.05, 4.69) is 29.4 Å². The lowest BCUT2D eigenvalue weighted by Crippen LogP contribution is -2.43. The summed E-state index contributed by atoms with van der Waals surface area (Å²) in [6.45, 7) is 3.76. The average molecular weight is 323 g/mol. The van der Waals surface area contributed by atoms with Crippen LogP contribution in [0.15, 0.2) is 48.7 Å². The molecule has 0 saturated carbocycles. The molecule has 24 heavy (non-hydrogen) atoms. The molecule has 4 nitrogen and oxygen atoms in total. The zero-order chi connectivity index (χ0) is 16.8. The molecule has 1 unspecified atom stereocenters. The first kappa shape index (κ1) is 16.5. The molecule has 1 saturated heterocycles. The Hall–Kier alpha value is -2.36. The molecule has 0 bridgehead atoms. The second-order valence-electron chi connectivity index (χ2n) is 6.33. The van der Waals surface area contributed by atoms with Crippen molar-refractivity contribution in [2.24, 2.45) is 0 Å². The van der Waals surface area contributed by atoms with Crippen LogP contribution in [0, 0.1) is 0 Å². The summed E-state index contributed by atoms with van der Waals surface area (Å²) < 4.78 is 0. The van der Waals surface area contributed by atoms with Crippen LogP contribution < -0.4 is 5.32 Å². The summed E-state index contributed by atoms with van der Waals surface area (Å²) in [7, 11) is 0. The van der Waals surface area contributed by atoms with Crippen molar-refractivity contribution in [1.29, 1.82) is 0 Å². The van der Waals surface area contributed by atoms with E-state index in [1.807, 2.05) is 35.2 Å². The summed E-state index contributed by atoms with van der Waals surface area (Å²) in [6, 6.07) is 14.4. The van der Waals surface area contributed by atoms with Gasteiger partial charge in [0.15, 0.2) is 0 Å². The van der Waals surface area contributed by atoms with Gasteiger partial charge in [-0.25, -0.2) is 4.98 Å². The molecule has 1 N–H and O–H groups in total. The van der Waals surface area contributed by atoms with Gasteiger partial charge in [0.1, 0.15) is 5.69 Å². The SMILES string of the molecule is CCC1CCCCN1C(=O)c1ccc(NCc2ccccc2)cn1. The average Bonchev–Trinajstić information content (AvgIpc) is 2.67. The van der Waals surface area contributed by atoms with Crippen LogP contribution >= 0.6 is 0 Å². The Morgan fingerprint density at radius 2 is 2.04 bits per heavy atom. The maximum absolute atomic E-state index is 12.7. The molecule has 3 rings (SSSR count). The van der Waals surface area contributed by atoms with Crippen molar-refractivity contribution in [2.45, 2.75) is 45.2 Å². The number of hydrogen-bond acceptors (Lipinski definition) is 3. The number of piperidine rings is 1. The summed E-state index contributed by atoms with van der Waals surface area (Å²) in [5.41, 5.74) is 2.69. The Morgan fingerprint density at radius 3 is 2.75 bits per heavy atom. The molecule has 4 heteroatoms. The molecule has 2 heterocycles. The van der Waals surface area contributed by atoms with Crippen LogP contribution in [0.25, 0.3) is 0 Å². The number of carbonyl (C=O) groups is 1. The first-order valence-corrected chi connectivity index (χ1v) is 8.82. The molecule has 1 atom stereocenters. The van der Waals surface area contributed by atoms with Crippen LogP contribution in [-0.4, -0.2) is 28.4 Å². The molecule has 1 aliphatic rings. The van der Waals surface area contributed by atoms with E-state index in [1.165, 1.54) is 12.0 Å². The van der Waals surface area contributed by atoms with Gasteiger partial charge < -0.3 is 10.2 Å². The smallest absolute Gasteiger partial charge is 0.272 e. The number of hydrogen-bond donors (Lipinski definition) is 1. The largest absolute Gasteiger partial charge is 0.380 e. The van der Waals surface area contributed by atoms with E-state index in [0.717, 1.165) is 38.0 Å². The van der Waals surface area contributed by atoms with Crippen molar-refractivity contribution < 1.29 is 4.79 Å².